The molecule has 8 nitrogen and oxygen atoms in total. The van der Waals surface area contributed by atoms with E-state index in [0.29, 0.717) is 12.3 Å². The van der Waals surface area contributed by atoms with E-state index in [2.05, 4.69) is 38.8 Å². The van der Waals surface area contributed by atoms with Gasteiger partial charge in [0.05, 0.1) is 24.8 Å². The maximum atomic E-state index is 13.8. The van der Waals surface area contributed by atoms with Crippen LogP contribution in [-0.4, -0.2) is 60.2 Å². The van der Waals surface area contributed by atoms with Crippen molar-refractivity contribution < 1.29 is 28.6 Å². The second-order valence-corrected chi connectivity index (χ2v) is 17.6. The number of carbonyl (C=O) groups is 2. The van der Waals surface area contributed by atoms with Crippen LogP contribution in [0.1, 0.15) is 82.0 Å². The molecule has 1 saturated heterocycles. The van der Waals surface area contributed by atoms with Crippen LogP contribution in [0.15, 0.2) is 42.6 Å². The lowest BCUT2D eigenvalue weighted by Gasteiger charge is -2.43. The molecule has 9 heteroatoms. The third-order valence-corrected chi connectivity index (χ3v) is 12.2. The number of rotatable bonds is 8. The van der Waals surface area contributed by atoms with Gasteiger partial charge in [-0.05, 0) is 81.9 Å². The van der Waals surface area contributed by atoms with Crippen molar-refractivity contribution in [2.24, 2.45) is 0 Å². The molecule has 1 fully saturated rings. The molecular formula is C30H44N2O6Si. The Labute approximate surface area is 233 Å². The average Bonchev–Trinajstić information content (AvgIpc) is 3.24. The van der Waals surface area contributed by atoms with E-state index in [1.807, 2.05) is 49.9 Å². The number of carboxylic acid groups (broad SMARTS) is 1. The van der Waals surface area contributed by atoms with Gasteiger partial charge < -0.3 is 19.0 Å². The third-order valence-electron chi connectivity index (χ3n) is 7.70. The standard InChI is InChI=1S/C30H44N2O6Si/c1-29(2,3)37-28(35)32-23(18-20-10-12-21(13-11-20)27(33)34)15-16-24(32)26(38-39(8,9)30(4,5)6)22-14-17-25(36-7)31-19-22/h10-14,17,19,23-24,26H,15-16,18H2,1-9H3,(H,33,34). The molecule has 3 rings (SSSR count). The summed E-state index contributed by atoms with van der Waals surface area (Å²) in [5.41, 5.74) is 1.44. The molecule has 2 aromatic rings. The number of carbonyl (C=O) groups excluding carboxylic acids is 1. The van der Waals surface area contributed by atoms with Gasteiger partial charge in [0.2, 0.25) is 5.88 Å². The summed E-state index contributed by atoms with van der Waals surface area (Å²) in [4.78, 5) is 31.4. The predicted molar refractivity (Wildman–Crippen MR) is 154 cm³/mol. The van der Waals surface area contributed by atoms with E-state index in [-0.39, 0.29) is 28.8 Å². The van der Waals surface area contributed by atoms with Gasteiger partial charge in [-0.2, -0.15) is 0 Å². The zero-order chi connectivity index (χ0) is 29.2. The number of pyridine rings is 1. The van der Waals surface area contributed by atoms with Crippen molar-refractivity contribution in [2.75, 3.05) is 7.11 Å². The van der Waals surface area contributed by atoms with Gasteiger partial charge in [0, 0.05) is 23.9 Å². The molecular weight excluding hydrogens is 512 g/mol. The molecule has 0 saturated carbocycles. The Morgan fingerprint density at radius 1 is 1.05 bits per heavy atom. The summed E-state index contributed by atoms with van der Waals surface area (Å²) in [6.45, 7) is 16.6. The lowest BCUT2D eigenvalue weighted by Crippen LogP contribution is -2.50. The number of nitrogens with zero attached hydrogens (tertiary/aromatic N) is 2. The SMILES string of the molecule is COc1ccc(C(O[Si](C)(C)C(C)(C)C)C2CCC(Cc3ccc(C(=O)O)cc3)N2C(=O)OC(C)(C)C)cn1. The maximum absolute atomic E-state index is 13.8. The highest BCUT2D eigenvalue weighted by Crippen LogP contribution is 2.44. The van der Waals surface area contributed by atoms with Crippen molar-refractivity contribution in [3.8, 4) is 5.88 Å². The highest BCUT2D eigenvalue weighted by atomic mass is 28.4. The molecule has 1 aliphatic rings. The van der Waals surface area contributed by atoms with Gasteiger partial charge >= 0.3 is 12.1 Å². The first-order chi connectivity index (χ1) is 18.0. The van der Waals surface area contributed by atoms with Crippen molar-refractivity contribution in [1.29, 1.82) is 0 Å². The lowest BCUT2D eigenvalue weighted by molar-refractivity contribution is -0.00245. The Hall–Kier alpha value is -2.91. The van der Waals surface area contributed by atoms with Gasteiger partial charge in [0.25, 0.3) is 0 Å². The van der Waals surface area contributed by atoms with E-state index in [9.17, 15) is 14.7 Å². The van der Waals surface area contributed by atoms with E-state index >= 15 is 0 Å². The molecule has 1 N–H and O–H groups in total. The molecule has 0 bridgehead atoms. The highest BCUT2D eigenvalue weighted by Gasteiger charge is 2.47. The predicted octanol–water partition coefficient (Wildman–Crippen LogP) is 6.86. The van der Waals surface area contributed by atoms with Crippen LogP contribution in [0, 0.1) is 0 Å². The number of hydrogen-bond donors (Lipinski definition) is 1. The molecule has 0 aliphatic carbocycles. The molecule has 2 heterocycles. The van der Waals surface area contributed by atoms with Gasteiger partial charge in [0.1, 0.15) is 5.60 Å². The largest absolute Gasteiger partial charge is 0.481 e. The second kappa shape index (κ2) is 11.7. The summed E-state index contributed by atoms with van der Waals surface area (Å²) >= 11 is 0. The van der Waals surface area contributed by atoms with Crippen molar-refractivity contribution in [1.82, 2.24) is 9.88 Å². The second-order valence-electron chi connectivity index (χ2n) is 12.8. The number of hydrogen-bond acceptors (Lipinski definition) is 6. The van der Waals surface area contributed by atoms with Crippen LogP contribution >= 0.6 is 0 Å². The van der Waals surface area contributed by atoms with E-state index in [1.54, 1.807) is 25.4 Å². The Morgan fingerprint density at radius 3 is 2.18 bits per heavy atom. The van der Waals surface area contributed by atoms with Gasteiger partial charge in [-0.1, -0.05) is 32.9 Å². The van der Waals surface area contributed by atoms with Crippen LogP contribution in [0.5, 0.6) is 5.88 Å². The van der Waals surface area contributed by atoms with E-state index < -0.39 is 26.0 Å². The fourth-order valence-electron chi connectivity index (χ4n) is 4.61. The molecule has 3 unspecified atom stereocenters. The van der Waals surface area contributed by atoms with Crippen molar-refractivity contribution in [3.05, 3.63) is 59.3 Å². The van der Waals surface area contributed by atoms with Crippen LogP contribution < -0.4 is 4.74 Å². The quantitative estimate of drug-likeness (QED) is 0.355. The first-order valence-electron chi connectivity index (χ1n) is 13.5. The molecule has 1 aromatic heterocycles. The minimum absolute atomic E-state index is 0.0359. The van der Waals surface area contributed by atoms with E-state index in [0.717, 1.165) is 24.0 Å². The van der Waals surface area contributed by atoms with Crippen LogP contribution in [-0.2, 0) is 15.6 Å². The number of aromatic carboxylic acids is 1. The van der Waals surface area contributed by atoms with Crippen LogP contribution in [0.3, 0.4) is 0 Å². The smallest absolute Gasteiger partial charge is 0.410 e. The van der Waals surface area contributed by atoms with Crippen molar-refractivity contribution in [3.63, 3.8) is 0 Å². The van der Waals surface area contributed by atoms with Gasteiger partial charge in [-0.3, -0.25) is 4.90 Å². The Kier molecular flexibility index (Phi) is 9.17. The number of likely N-dealkylation sites (tertiary alicyclic amines) is 1. The highest BCUT2D eigenvalue weighted by molar-refractivity contribution is 6.74. The molecule has 0 spiro atoms. The molecule has 3 atom stereocenters. The molecule has 0 radical (unpaired) electrons. The van der Waals surface area contributed by atoms with Gasteiger partial charge in [-0.25, -0.2) is 14.6 Å². The summed E-state index contributed by atoms with van der Waals surface area (Å²) in [5, 5.41) is 9.24. The number of methoxy groups -OCH3 is 1. The Balaban J connectivity index is 2.02. The number of aromatic nitrogens is 1. The van der Waals surface area contributed by atoms with Gasteiger partial charge in [0.15, 0.2) is 8.32 Å². The van der Waals surface area contributed by atoms with Crippen molar-refractivity contribution >= 4 is 20.4 Å². The number of amides is 1. The number of carboxylic acids is 1. The number of benzene rings is 1. The summed E-state index contributed by atoms with van der Waals surface area (Å²) in [5.74, 6) is -0.445. The summed E-state index contributed by atoms with van der Waals surface area (Å²) in [6.07, 6.45) is 3.11. The van der Waals surface area contributed by atoms with E-state index in [4.69, 9.17) is 13.9 Å². The monoisotopic (exact) mass is 556 g/mol. The lowest BCUT2D eigenvalue weighted by atomic mass is 10.0. The zero-order valence-corrected chi connectivity index (χ0v) is 25.8. The van der Waals surface area contributed by atoms with E-state index in [1.165, 1.54) is 0 Å². The summed E-state index contributed by atoms with van der Waals surface area (Å²) < 4.78 is 18.2. The molecule has 214 valence electrons. The fourth-order valence-corrected chi connectivity index (χ4v) is 5.89. The Morgan fingerprint density at radius 2 is 1.69 bits per heavy atom. The van der Waals surface area contributed by atoms with Gasteiger partial charge in [-0.15, -0.1) is 0 Å². The topological polar surface area (TPSA) is 98.2 Å². The Bertz CT molecular complexity index is 1140. The normalized spacial score (nSPS) is 19.1. The third kappa shape index (κ3) is 7.60. The van der Waals surface area contributed by atoms with Crippen molar-refractivity contribution in [2.45, 2.75) is 103 Å². The zero-order valence-electron chi connectivity index (χ0n) is 24.8. The first-order valence-corrected chi connectivity index (χ1v) is 16.4. The number of ether oxygens (including phenoxy) is 2. The fraction of sp³-hybridized carbons (Fsp3) is 0.567. The van der Waals surface area contributed by atoms with Crippen LogP contribution in [0.2, 0.25) is 18.1 Å². The molecule has 39 heavy (non-hydrogen) atoms. The molecule has 1 aromatic carbocycles. The minimum Gasteiger partial charge on any atom is -0.481 e. The first kappa shape index (κ1) is 30.6. The van der Waals surface area contributed by atoms with Crippen LogP contribution in [0.25, 0.3) is 0 Å². The minimum atomic E-state index is -2.26. The van der Waals surface area contributed by atoms with Crippen LogP contribution in [0.4, 0.5) is 4.79 Å². The average molecular weight is 557 g/mol. The molecule has 1 aliphatic heterocycles. The summed E-state index contributed by atoms with van der Waals surface area (Å²) in [6, 6.07) is 10.3. The maximum Gasteiger partial charge on any atom is 0.410 e. The molecule has 1 amide bonds. The summed E-state index contributed by atoms with van der Waals surface area (Å²) in [7, 11) is -0.674.